The van der Waals surface area contributed by atoms with Crippen LogP contribution in [0.4, 0.5) is 5.69 Å². The quantitative estimate of drug-likeness (QED) is 0.468. The molecule has 8 heteroatoms. The highest BCUT2D eigenvalue weighted by Crippen LogP contribution is 2.33. The van der Waals surface area contributed by atoms with Crippen molar-refractivity contribution < 1.29 is 23.9 Å². The van der Waals surface area contributed by atoms with Crippen molar-refractivity contribution in [2.75, 3.05) is 50.8 Å². The second-order valence-corrected chi connectivity index (χ2v) is 8.73. The topological polar surface area (TPSA) is 88.2 Å². The van der Waals surface area contributed by atoms with Crippen molar-refractivity contribution >= 4 is 23.3 Å². The molecule has 1 aliphatic rings. The maximum absolute atomic E-state index is 12.9. The number of carbonyl (C=O) groups excluding carboxylic acids is 3. The van der Waals surface area contributed by atoms with Crippen LogP contribution in [0.3, 0.4) is 0 Å². The molecule has 0 aromatic heterocycles. The SMILES string of the molecule is CCN(CC)CCNC(=O)CN1C(=O)COc2ccc(C(=O)COc3ccccc3C(C)C)cc21. The van der Waals surface area contributed by atoms with Crippen LogP contribution < -0.4 is 19.7 Å². The number of Topliss-reactive ketones (excluding diaryl/α,β-unsaturated/α-hetero) is 1. The molecule has 0 bridgehead atoms. The zero-order valence-corrected chi connectivity index (χ0v) is 21.0. The van der Waals surface area contributed by atoms with Crippen LogP contribution in [-0.4, -0.2) is 68.4 Å². The van der Waals surface area contributed by atoms with Gasteiger partial charge in [0, 0.05) is 18.7 Å². The minimum absolute atomic E-state index is 0.136. The highest BCUT2D eigenvalue weighted by atomic mass is 16.5. The Morgan fingerprint density at radius 2 is 1.89 bits per heavy atom. The molecule has 0 unspecified atom stereocenters. The number of ether oxygens (including phenoxy) is 2. The summed E-state index contributed by atoms with van der Waals surface area (Å²) in [5.41, 5.74) is 1.83. The molecule has 1 N–H and O–H groups in total. The first-order chi connectivity index (χ1) is 16.8. The van der Waals surface area contributed by atoms with Crippen molar-refractivity contribution in [3.05, 3.63) is 53.6 Å². The fourth-order valence-electron chi connectivity index (χ4n) is 3.96. The van der Waals surface area contributed by atoms with Gasteiger partial charge in [0.25, 0.3) is 5.91 Å². The maximum Gasteiger partial charge on any atom is 0.265 e. The van der Waals surface area contributed by atoms with E-state index in [2.05, 4.69) is 37.9 Å². The lowest BCUT2D eigenvalue weighted by atomic mass is 10.0. The molecular weight excluding hydrogens is 446 g/mol. The maximum atomic E-state index is 12.9. The van der Waals surface area contributed by atoms with Gasteiger partial charge < -0.3 is 19.7 Å². The number of ketones is 1. The number of likely N-dealkylation sites (N-methyl/N-ethyl adjacent to an activating group) is 1. The molecule has 0 spiro atoms. The lowest BCUT2D eigenvalue weighted by molar-refractivity contribution is -0.125. The lowest BCUT2D eigenvalue weighted by Crippen LogP contribution is -2.46. The van der Waals surface area contributed by atoms with Gasteiger partial charge in [0.2, 0.25) is 5.91 Å². The Labute approximate surface area is 207 Å². The smallest absolute Gasteiger partial charge is 0.265 e. The molecule has 0 fully saturated rings. The summed E-state index contributed by atoms with van der Waals surface area (Å²) in [5.74, 6) is 0.582. The van der Waals surface area contributed by atoms with E-state index in [9.17, 15) is 14.4 Å². The number of carbonyl (C=O) groups is 3. The molecule has 188 valence electrons. The number of benzene rings is 2. The lowest BCUT2D eigenvalue weighted by Gasteiger charge is -2.29. The number of fused-ring (bicyclic) bond motifs is 1. The molecule has 2 aromatic carbocycles. The summed E-state index contributed by atoms with van der Waals surface area (Å²) in [6, 6.07) is 12.5. The molecule has 35 heavy (non-hydrogen) atoms. The average molecular weight is 482 g/mol. The van der Waals surface area contributed by atoms with Gasteiger partial charge in [0.15, 0.2) is 19.0 Å². The first kappa shape index (κ1) is 26.2. The molecule has 1 heterocycles. The number of rotatable bonds is 12. The molecule has 0 saturated carbocycles. The highest BCUT2D eigenvalue weighted by Gasteiger charge is 2.28. The van der Waals surface area contributed by atoms with Crippen LogP contribution in [-0.2, 0) is 9.59 Å². The number of para-hydroxylation sites is 1. The summed E-state index contributed by atoms with van der Waals surface area (Å²) >= 11 is 0. The molecule has 8 nitrogen and oxygen atoms in total. The van der Waals surface area contributed by atoms with Crippen LogP contribution in [0.2, 0.25) is 0 Å². The Bertz CT molecular complexity index is 1050. The van der Waals surface area contributed by atoms with Gasteiger partial charge in [0.1, 0.15) is 18.0 Å². The van der Waals surface area contributed by atoms with Gasteiger partial charge in [-0.05, 0) is 48.8 Å². The Morgan fingerprint density at radius 3 is 2.60 bits per heavy atom. The second kappa shape index (κ2) is 12.4. The molecule has 0 saturated heterocycles. The van der Waals surface area contributed by atoms with E-state index in [0.29, 0.717) is 29.3 Å². The van der Waals surface area contributed by atoms with Crippen LogP contribution in [0.15, 0.2) is 42.5 Å². The Balaban J connectivity index is 1.68. The van der Waals surface area contributed by atoms with Crippen molar-refractivity contribution in [1.82, 2.24) is 10.2 Å². The zero-order valence-electron chi connectivity index (χ0n) is 21.0. The summed E-state index contributed by atoms with van der Waals surface area (Å²) in [6.45, 7) is 10.9. The van der Waals surface area contributed by atoms with Crippen LogP contribution >= 0.6 is 0 Å². The molecular formula is C27H35N3O5. The van der Waals surface area contributed by atoms with Gasteiger partial charge in [-0.2, -0.15) is 0 Å². The normalized spacial score (nSPS) is 13.0. The van der Waals surface area contributed by atoms with E-state index in [0.717, 1.165) is 25.2 Å². The Kier molecular flexibility index (Phi) is 9.25. The van der Waals surface area contributed by atoms with Crippen LogP contribution in [0.25, 0.3) is 0 Å². The largest absolute Gasteiger partial charge is 0.485 e. The number of nitrogens with zero attached hydrogens (tertiary/aromatic N) is 2. The number of anilines is 1. The van der Waals surface area contributed by atoms with E-state index in [4.69, 9.17) is 9.47 Å². The first-order valence-electron chi connectivity index (χ1n) is 12.1. The molecule has 0 radical (unpaired) electrons. The summed E-state index contributed by atoms with van der Waals surface area (Å²) in [6.07, 6.45) is 0. The Morgan fingerprint density at radius 1 is 1.14 bits per heavy atom. The second-order valence-electron chi connectivity index (χ2n) is 8.73. The standard InChI is InChI=1S/C27H35N3O5/c1-5-29(6-2)14-13-28-26(32)16-30-22-15-20(11-12-25(22)35-18-27(30)33)23(31)17-34-24-10-8-7-9-21(24)19(3)4/h7-12,15,19H,5-6,13-14,16-18H2,1-4H3,(H,28,32). The molecule has 2 aromatic rings. The Hall–Kier alpha value is -3.39. The third-order valence-corrected chi connectivity index (χ3v) is 6.07. The number of hydrogen-bond donors (Lipinski definition) is 1. The number of nitrogens with one attached hydrogen (secondary N) is 1. The van der Waals surface area contributed by atoms with E-state index in [1.807, 2.05) is 24.3 Å². The molecule has 1 aliphatic heterocycles. The predicted octanol–water partition coefficient (Wildman–Crippen LogP) is 3.26. The van der Waals surface area contributed by atoms with Crippen molar-refractivity contribution in [1.29, 1.82) is 0 Å². The van der Waals surface area contributed by atoms with Gasteiger partial charge in [-0.15, -0.1) is 0 Å². The van der Waals surface area contributed by atoms with Gasteiger partial charge in [-0.3, -0.25) is 19.3 Å². The van der Waals surface area contributed by atoms with Crippen molar-refractivity contribution in [3.8, 4) is 11.5 Å². The summed E-state index contributed by atoms with van der Waals surface area (Å²) in [7, 11) is 0. The van der Waals surface area contributed by atoms with Crippen molar-refractivity contribution in [2.45, 2.75) is 33.6 Å². The number of amides is 2. The van der Waals surface area contributed by atoms with Gasteiger partial charge in [-0.25, -0.2) is 0 Å². The van der Waals surface area contributed by atoms with E-state index in [1.165, 1.54) is 4.90 Å². The molecule has 0 atom stereocenters. The fourth-order valence-corrected chi connectivity index (χ4v) is 3.96. The third-order valence-electron chi connectivity index (χ3n) is 6.07. The van der Waals surface area contributed by atoms with Crippen LogP contribution in [0.1, 0.15) is 49.5 Å². The minimum atomic E-state index is -0.330. The van der Waals surface area contributed by atoms with E-state index >= 15 is 0 Å². The van der Waals surface area contributed by atoms with Crippen LogP contribution in [0.5, 0.6) is 11.5 Å². The first-order valence-corrected chi connectivity index (χ1v) is 12.1. The zero-order chi connectivity index (χ0) is 25.4. The van der Waals surface area contributed by atoms with E-state index < -0.39 is 0 Å². The molecule has 0 aliphatic carbocycles. The summed E-state index contributed by atoms with van der Waals surface area (Å²) in [5, 5.41) is 2.87. The number of hydrogen-bond acceptors (Lipinski definition) is 6. The molecule has 3 rings (SSSR count). The predicted molar refractivity (Wildman–Crippen MR) is 135 cm³/mol. The van der Waals surface area contributed by atoms with Crippen molar-refractivity contribution in [2.24, 2.45) is 0 Å². The summed E-state index contributed by atoms with van der Waals surface area (Å²) in [4.78, 5) is 41.6. The van der Waals surface area contributed by atoms with Gasteiger partial charge >= 0.3 is 0 Å². The minimum Gasteiger partial charge on any atom is -0.485 e. The van der Waals surface area contributed by atoms with Crippen LogP contribution in [0, 0.1) is 0 Å². The highest BCUT2D eigenvalue weighted by molar-refractivity contribution is 6.04. The van der Waals surface area contributed by atoms with E-state index in [-0.39, 0.29) is 43.3 Å². The van der Waals surface area contributed by atoms with E-state index in [1.54, 1.807) is 18.2 Å². The summed E-state index contributed by atoms with van der Waals surface area (Å²) < 4.78 is 11.3. The average Bonchev–Trinajstić information content (AvgIpc) is 2.86. The monoisotopic (exact) mass is 481 g/mol. The van der Waals surface area contributed by atoms with Crippen molar-refractivity contribution in [3.63, 3.8) is 0 Å². The van der Waals surface area contributed by atoms with Gasteiger partial charge in [0.05, 0.1) is 5.69 Å². The molecule has 2 amide bonds. The fraction of sp³-hybridized carbons (Fsp3) is 0.444. The van der Waals surface area contributed by atoms with Gasteiger partial charge in [-0.1, -0.05) is 45.9 Å². The third kappa shape index (κ3) is 6.82.